The van der Waals surface area contributed by atoms with Gasteiger partial charge in [0.15, 0.2) is 0 Å². The van der Waals surface area contributed by atoms with Gasteiger partial charge in [-0.25, -0.2) is 0 Å². The van der Waals surface area contributed by atoms with Gasteiger partial charge in [0.2, 0.25) is 5.91 Å². The summed E-state index contributed by atoms with van der Waals surface area (Å²) in [6.07, 6.45) is 113. The number of hydrogen-bond donors (Lipinski definition) is 3. The number of rotatable bonds is 86. The highest BCUT2D eigenvalue weighted by atomic mass is 16.5. The zero-order valence-electron chi connectivity index (χ0n) is 66.4. The second-order valence-electron chi connectivity index (χ2n) is 31.3. The van der Waals surface area contributed by atoms with E-state index in [1.807, 2.05) is 0 Å². The molecule has 0 aliphatic heterocycles. The molecule has 0 rings (SSSR count). The summed E-state index contributed by atoms with van der Waals surface area (Å²) in [5.74, 6) is -0.00170. The number of hydrogen-bond acceptors (Lipinski definition) is 5. The Morgan fingerprint density at radius 2 is 0.515 bits per heavy atom. The van der Waals surface area contributed by atoms with E-state index in [1.165, 1.54) is 443 Å². The van der Waals surface area contributed by atoms with E-state index in [-0.39, 0.29) is 18.5 Å². The number of amides is 1. The molecule has 0 aliphatic rings. The van der Waals surface area contributed by atoms with Gasteiger partial charge in [0.05, 0.1) is 25.4 Å². The Hall–Kier alpha value is -1.66. The summed E-state index contributed by atoms with van der Waals surface area (Å²) < 4.78 is 5.52. The highest BCUT2D eigenvalue weighted by molar-refractivity contribution is 5.76. The second kappa shape index (κ2) is 86.7. The van der Waals surface area contributed by atoms with Crippen LogP contribution in [0.3, 0.4) is 0 Å². The van der Waals surface area contributed by atoms with Crippen LogP contribution in [0, 0.1) is 0 Å². The largest absolute Gasteiger partial charge is 0.466 e. The van der Waals surface area contributed by atoms with Crippen LogP contribution < -0.4 is 5.32 Å². The van der Waals surface area contributed by atoms with Crippen molar-refractivity contribution >= 4 is 11.9 Å². The molecule has 3 N–H and O–H groups in total. The van der Waals surface area contributed by atoms with Gasteiger partial charge in [-0.2, -0.15) is 0 Å². The first-order chi connectivity index (χ1) is 48.0. The van der Waals surface area contributed by atoms with Crippen LogP contribution in [0.15, 0.2) is 24.3 Å². The fourth-order valence-corrected chi connectivity index (χ4v) is 14.7. The average molecular weight is 1370 g/mol. The Balaban J connectivity index is 3.30. The molecule has 0 radical (unpaired) electrons. The third-order valence-electron chi connectivity index (χ3n) is 21.5. The van der Waals surface area contributed by atoms with Crippen LogP contribution in [0.1, 0.15) is 521 Å². The average Bonchev–Trinajstić information content (AvgIpc) is 3.77. The molecule has 0 spiro atoms. The summed E-state index contributed by atoms with van der Waals surface area (Å²) in [5, 5.41) is 23.5. The molecule has 0 aliphatic carbocycles. The van der Waals surface area contributed by atoms with Crippen LogP contribution >= 0.6 is 0 Å². The minimum atomic E-state index is -0.662. The molecule has 97 heavy (non-hydrogen) atoms. The van der Waals surface area contributed by atoms with Gasteiger partial charge in [0.1, 0.15) is 0 Å². The topological polar surface area (TPSA) is 95.9 Å². The SMILES string of the molecule is CCCCC/C=C\C/C=C\CCCCCCCCCCCC(=O)OCCCCCCCCCCCCCCCCCCCCCCCCCCCCCCCCCCCCCCCC(=O)NC(CO)C(O)CCCCCCCCCCCCCCCCCCCCCCCCCC. The van der Waals surface area contributed by atoms with Gasteiger partial charge in [-0.05, 0) is 57.8 Å². The molecule has 1 amide bonds. The summed E-state index contributed by atoms with van der Waals surface area (Å²) in [6.45, 7) is 4.99. The molecule has 0 fully saturated rings. The standard InChI is InChI=1S/C91H177NO5/c1-3-5-7-9-11-13-15-17-19-21-23-24-25-41-44-48-51-55-59-63-67-71-75-79-83-89(94)88(87-93)92-90(95)84-80-76-72-68-64-60-56-52-49-45-42-39-37-35-33-31-29-27-26-28-30-32-34-36-38-40-43-46-50-54-58-62-66-70-74-78-82-86-97-91(96)85-81-77-73-69-65-61-57-53-47-22-20-18-16-14-12-10-8-6-4-2/h12,14,18,20,88-89,93-94H,3-11,13,15-17,19,21-87H2,1-2H3,(H,92,95)/b14-12-,20-18-. The molecule has 0 heterocycles. The number of unbranched alkanes of at least 4 members (excludes halogenated alkanes) is 71. The van der Waals surface area contributed by atoms with Gasteiger partial charge in [-0.15, -0.1) is 0 Å². The van der Waals surface area contributed by atoms with Crippen LogP contribution in [0.2, 0.25) is 0 Å². The highest BCUT2D eigenvalue weighted by Gasteiger charge is 2.20. The summed E-state index contributed by atoms with van der Waals surface area (Å²) in [5.41, 5.74) is 0. The maximum atomic E-state index is 12.6. The van der Waals surface area contributed by atoms with Crippen LogP contribution in [0.4, 0.5) is 0 Å². The van der Waals surface area contributed by atoms with E-state index in [1.54, 1.807) is 0 Å². The van der Waals surface area contributed by atoms with E-state index in [0.717, 1.165) is 44.9 Å². The Bertz CT molecular complexity index is 1530. The number of nitrogens with one attached hydrogen (secondary N) is 1. The zero-order valence-corrected chi connectivity index (χ0v) is 66.4. The number of allylic oxidation sites excluding steroid dienone is 4. The van der Waals surface area contributed by atoms with Crippen LogP contribution in [-0.4, -0.2) is 47.4 Å². The van der Waals surface area contributed by atoms with Crippen molar-refractivity contribution in [1.29, 1.82) is 0 Å². The van der Waals surface area contributed by atoms with Crippen LogP contribution in [0.5, 0.6) is 0 Å². The lowest BCUT2D eigenvalue weighted by molar-refractivity contribution is -0.143. The molecule has 0 aromatic carbocycles. The zero-order chi connectivity index (χ0) is 69.8. The fraction of sp³-hybridized carbons (Fsp3) is 0.934. The van der Waals surface area contributed by atoms with Crippen molar-refractivity contribution in [2.75, 3.05) is 13.2 Å². The number of esters is 1. The lowest BCUT2D eigenvalue weighted by atomic mass is 10.0. The molecule has 6 heteroatoms. The second-order valence-corrected chi connectivity index (χ2v) is 31.3. The van der Waals surface area contributed by atoms with E-state index >= 15 is 0 Å². The normalized spacial score (nSPS) is 12.5. The molecule has 0 aromatic heterocycles. The van der Waals surface area contributed by atoms with Crippen molar-refractivity contribution in [1.82, 2.24) is 5.32 Å². The minimum absolute atomic E-state index is 0.0209. The maximum absolute atomic E-state index is 12.6. The fourth-order valence-electron chi connectivity index (χ4n) is 14.7. The predicted molar refractivity (Wildman–Crippen MR) is 430 cm³/mol. The molecule has 0 bridgehead atoms. The van der Waals surface area contributed by atoms with E-state index in [2.05, 4.69) is 43.5 Å². The van der Waals surface area contributed by atoms with E-state index < -0.39 is 12.1 Å². The van der Waals surface area contributed by atoms with Crippen molar-refractivity contribution in [2.24, 2.45) is 0 Å². The summed E-state index contributed by atoms with van der Waals surface area (Å²) >= 11 is 0. The lowest BCUT2D eigenvalue weighted by Crippen LogP contribution is -2.45. The Kier molecular flexibility index (Phi) is 85.3. The molecular weight excluding hydrogens is 1190 g/mol. The van der Waals surface area contributed by atoms with E-state index in [0.29, 0.717) is 25.9 Å². The molecule has 0 saturated carbocycles. The van der Waals surface area contributed by atoms with Crippen molar-refractivity contribution in [3.8, 4) is 0 Å². The van der Waals surface area contributed by atoms with Gasteiger partial charge < -0.3 is 20.3 Å². The van der Waals surface area contributed by atoms with Crippen molar-refractivity contribution in [3.63, 3.8) is 0 Å². The van der Waals surface area contributed by atoms with Gasteiger partial charge in [0, 0.05) is 12.8 Å². The predicted octanol–water partition coefficient (Wildman–Crippen LogP) is 30.3. The smallest absolute Gasteiger partial charge is 0.305 e. The van der Waals surface area contributed by atoms with Crippen molar-refractivity contribution in [3.05, 3.63) is 24.3 Å². The molecular formula is C91H177NO5. The van der Waals surface area contributed by atoms with Crippen LogP contribution in [-0.2, 0) is 14.3 Å². The summed E-state index contributed by atoms with van der Waals surface area (Å²) in [7, 11) is 0. The summed E-state index contributed by atoms with van der Waals surface area (Å²) in [6, 6.07) is -0.538. The molecule has 0 saturated heterocycles. The van der Waals surface area contributed by atoms with E-state index in [9.17, 15) is 19.8 Å². The number of aliphatic hydroxyl groups excluding tert-OH is 2. The van der Waals surface area contributed by atoms with Gasteiger partial charge in [0.25, 0.3) is 0 Å². The number of carbonyl (C=O) groups is 2. The van der Waals surface area contributed by atoms with Crippen LogP contribution in [0.25, 0.3) is 0 Å². The first kappa shape index (κ1) is 95.3. The first-order valence-electron chi connectivity index (χ1n) is 45.1. The highest BCUT2D eigenvalue weighted by Crippen LogP contribution is 2.22. The molecule has 576 valence electrons. The molecule has 0 aromatic rings. The monoisotopic (exact) mass is 1360 g/mol. The van der Waals surface area contributed by atoms with Gasteiger partial charge in [-0.1, -0.05) is 475 Å². The van der Waals surface area contributed by atoms with E-state index in [4.69, 9.17) is 4.74 Å². The quantitative estimate of drug-likeness (QED) is 0.0320. The first-order valence-corrected chi connectivity index (χ1v) is 45.1. The Labute approximate surface area is 609 Å². The Morgan fingerprint density at radius 1 is 0.289 bits per heavy atom. The van der Waals surface area contributed by atoms with Crippen molar-refractivity contribution in [2.45, 2.75) is 533 Å². The number of carbonyl (C=O) groups excluding carboxylic acids is 2. The molecule has 2 atom stereocenters. The van der Waals surface area contributed by atoms with Gasteiger partial charge in [-0.3, -0.25) is 9.59 Å². The number of ether oxygens (including phenoxy) is 1. The van der Waals surface area contributed by atoms with Crippen molar-refractivity contribution < 1.29 is 24.5 Å². The van der Waals surface area contributed by atoms with Gasteiger partial charge >= 0.3 is 5.97 Å². The third-order valence-corrected chi connectivity index (χ3v) is 21.5. The summed E-state index contributed by atoms with van der Waals surface area (Å²) in [4.78, 5) is 24.7. The number of aliphatic hydroxyl groups is 2. The molecule has 2 unspecified atom stereocenters. The molecule has 6 nitrogen and oxygen atoms in total. The Morgan fingerprint density at radius 3 is 0.804 bits per heavy atom. The minimum Gasteiger partial charge on any atom is -0.466 e. The third kappa shape index (κ3) is 83.2. The maximum Gasteiger partial charge on any atom is 0.305 e. The lowest BCUT2D eigenvalue weighted by Gasteiger charge is -2.22.